The molecule has 0 amide bonds. The highest BCUT2D eigenvalue weighted by atomic mass is 79.9. The second-order valence-corrected chi connectivity index (χ2v) is 7.35. The lowest BCUT2D eigenvalue weighted by atomic mass is 10.1. The SMILES string of the molecule is Cn1c(N2CCOC(c3ccc(Br)cc3)C2)nc(-c2ccncc2)cc1=O. The molecule has 138 valence electrons. The lowest BCUT2D eigenvalue weighted by molar-refractivity contribution is 0.0389. The number of anilines is 1. The summed E-state index contributed by atoms with van der Waals surface area (Å²) in [6, 6.07) is 13.4. The van der Waals surface area contributed by atoms with Crippen molar-refractivity contribution in [2.45, 2.75) is 6.10 Å². The van der Waals surface area contributed by atoms with E-state index in [2.05, 4.69) is 37.9 Å². The van der Waals surface area contributed by atoms with E-state index < -0.39 is 0 Å². The highest BCUT2D eigenvalue weighted by Crippen LogP contribution is 2.26. The first-order valence-electron chi connectivity index (χ1n) is 8.72. The third-order valence-electron chi connectivity index (χ3n) is 4.68. The molecule has 0 saturated carbocycles. The topological polar surface area (TPSA) is 60.2 Å². The van der Waals surface area contributed by atoms with E-state index in [0.717, 1.165) is 15.6 Å². The number of ether oxygens (including phenoxy) is 1. The van der Waals surface area contributed by atoms with Crippen molar-refractivity contribution < 1.29 is 4.74 Å². The zero-order valence-corrected chi connectivity index (χ0v) is 16.5. The predicted octanol–water partition coefficient (Wildman–Crippen LogP) is 3.18. The second kappa shape index (κ2) is 7.62. The van der Waals surface area contributed by atoms with Crippen molar-refractivity contribution in [1.82, 2.24) is 14.5 Å². The Balaban J connectivity index is 1.67. The average molecular weight is 427 g/mol. The van der Waals surface area contributed by atoms with Crippen LogP contribution in [-0.2, 0) is 11.8 Å². The van der Waals surface area contributed by atoms with Gasteiger partial charge >= 0.3 is 0 Å². The standard InChI is InChI=1S/C20H19BrN4O2/c1-24-19(26)12-17(14-6-8-22-9-7-14)23-20(24)25-10-11-27-18(13-25)15-2-4-16(21)5-3-15/h2-9,12,18H,10-11,13H2,1H3. The molecule has 0 N–H and O–H groups in total. The minimum Gasteiger partial charge on any atom is -0.370 e. The minimum atomic E-state index is -0.0847. The fourth-order valence-corrected chi connectivity index (χ4v) is 3.46. The van der Waals surface area contributed by atoms with E-state index in [0.29, 0.717) is 31.3 Å². The number of rotatable bonds is 3. The van der Waals surface area contributed by atoms with Gasteiger partial charge in [0.25, 0.3) is 5.56 Å². The molecule has 7 heteroatoms. The van der Waals surface area contributed by atoms with Gasteiger partial charge in [0, 0.05) is 42.1 Å². The number of hydrogen-bond acceptors (Lipinski definition) is 5. The Morgan fingerprint density at radius 1 is 1.15 bits per heavy atom. The summed E-state index contributed by atoms with van der Waals surface area (Å²) in [5.41, 5.74) is 2.56. The highest BCUT2D eigenvalue weighted by molar-refractivity contribution is 9.10. The van der Waals surface area contributed by atoms with Crippen LogP contribution in [0.15, 0.2) is 64.1 Å². The molecule has 27 heavy (non-hydrogen) atoms. The molecular formula is C20H19BrN4O2. The predicted molar refractivity (Wildman–Crippen MR) is 108 cm³/mol. The largest absolute Gasteiger partial charge is 0.370 e. The van der Waals surface area contributed by atoms with Crippen LogP contribution >= 0.6 is 15.9 Å². The molecule has 6 nitrogen and oxygen atoms in total. The fraction of sp³-hybridized carbons (Fsp3) is 0.250. The van der Waals surface area contributed by atoms with E-state index in [1.165, 1.54) is 0 Å². The van der Waals surface area contributed by atoms with Gasteiger partial charge in [-0.1, -0.05) is 28.1 Å². The number of aromatic nitrogens is 3. The van der Waals surface area contributed by atoms with Gasteiger partial charge in [0.1, 0.15) is 6.10 Å². The van der Waals surface area contributed by atoms with Gasteiger partial charge < -0.3 is 9.64 Å². The van der Waals surface area contributed by atoms with Gasteiger partial charge in [-0.15, -0.1) is 0 Å². The summed E-state index contributed by atoms with van der Waals surface area (Å²) in [7, 11) is 1.76. The van der Waals surface area contributed by atoms with Crippen LogP contribution in [0.5, 0.6) is 0 Å². The second-order valence-electron chi connectivity index (χ2n) is 6.43. The van der Waals surface area contributed by atoms with Crippen molar-refractivity contribution in [1.29, 1.82) is 0 Å². The molecule has 1 aromatic carbocycles. The first kappa shape index (κ1) is 17.9. The Bertz CT molecular complexity index is 989. The highest BCUT2D eigenvalue weighted by Gasteiger charge is 2.25. The lowest BCUT2D eigenvalue weighted by Gasteiger charge is -2.34. The Labute approximate surface area is 165 Å². The van der Waals surface area contributed by atoms with Crippen molar-refractivity contribution in [3.63, 3.8) is 0 Å². The monoisotopic (exact) mass is 426 g/mol. The Hall–Kier alpha value is -2.51. The summed E-state index contributed by atoms with van der Waals surface area (Å²) in [4.78, 5) is 23.4. The summed E-state index contributed by atoms with van der Waals surface area (Å²) in [6.45, 7) is 1.91. The summed E-state index contributed by atoms with van der Waals surface area (Å²) in [6.07, 6.45) is 3.34. The summed E-state index contributed by atoms with van der Waals surface area (Å²) < 4.78 is 8.59. The molecule has 0 radical (unpaired) electrons. The molecule has 1 saturated heterocycles. The molecule has 1 unspecified atom stereocenters. The van der Waals surface area contributed by atoms with E-state index in [1.807, 2.05) is 24.3 Å². The zero-order chi connectivity index (χ0) is 18.8. The Morgan fingerprint density at radius 2 is 1.89 bits per heavy atom. The summed E-state index contributed by atoms with van der Waals surface area (Å²) in [5, 5.41) is 0. The van der Waals surface area contributed by atoms with Gasteiger partial charge in [-0.25, -0.2) is 4.98 Å². The maximum Gasteiger partial charge on any atom is 0.255 e. The van der Waals surface area contributed by atoms with Crippen LogP contribution in [0.3, 0.4) is 0 Å². The zero-order valence-electron chi connectivity index (χ0n) is 14.9. The molecule has 1 aliphatic rings. The van der Waals surface area contributed by atoms with Crippen LogP contribution in [0.1, 0.15) is 11.7 Å². The van der Waals surface area contributed by atoms with Gasteiger partial charge in [0.15, 0.2) is 0 Å². The van der Waals surface area contributed by atoms with E-state index in [1.54, 1.807) is 30.1 Å². The third kappa shape index (κ3) is 3.79. The van der Waals surface area contributed by atoms with Crippen LogP contribution in [0.2, 0.25) is 0 Å². The Morgan fingerprint density at radius 3 is 2.63 bits per heavy atom. The lowest BCUT2D eigenvalue weighted by Crippen LogP contribution is -2.41. The molecule has 1 atom stereocenters. The molecule has 1 fully saturated rings. The number of benzene rings is 1. The van der Waals surface area contributed by atoms with Crippen LogP contribution in [0.4, 0.5) is 5.95 Å². The molecule has 0 spiro atoms. The van der Waals surface area contributed by atoms with Crippen LogP contribution in [-0.4, -0.2) is 34.2 Å². The van der Waals surface area contributed by atoms with Crippen molar-refractivity contribution in [2.75, 3.05) is 24.6 Å². The maximum atomic E-state index is 12.5. The van der Waals surface area contributed by atoms with E-state index >= 15 is 0 Å². The number of morpholine rings is 1. The quantitative estimate of drug-likeness (QED) is 0.643. The van der Waals surface area contributed by atoms with Crippen LogP contribution in [0.25, 0.3) is 11.3 Å². The molecule has 4 rings (SSSR count). The normalized spacial score (nSPS) is 17.1. The summed E-state index contributed by atoms with van der Waals surface area (Å²) in [5.74, 6) is 0.653. The number of nitrogens with zero attached hydrogens (tertiary/aromatic N) is 4. The molecule has 0 aliphatic carbocycles. The van der Waals surface area contributed by atoms with Crippen molar-refractivity contribution in [3.05, 3.63) is 75.2 Å². The Kier molecular flexibility index (Phi) is 5.05. The van der Waals surface area contributed by atoms with Crippen molar-refractivity contribution in [2.24, 2.45) is 7.05 Å². The summed E-state index contributed by atoms with van der Waals surface area (Å²) >= 11 is 3.46. The third-order valence-corrected chi connectivity index (χ3v) is 5.21. The molecule has 0 bridgehead atoms. The average Bonchev–Trinajstić information content (AvgIpc) is 2.71. The first-order chi connectivity index (χ1) is 13.1. The minimum absolute atomic E-state index is 0.0617. The maximum absolute atomic E-state index is 12.5. The van der Waals surface area contributed by atoms with Crippen LogP contribution < -0.4 is 10.5 Å². The fourth-order valence-electron chi connectivity index (χ4n) is 3.19. The van der Waals surface area contributed by atoms with Crippen molar-refractivity contribution >= 4 is 21.9 Å². The van der Waals surface area contributed by atoms with E-state index in [9.17, 15) is 4.79 Å². The number of hydrogen-bond donors (Lipinski definition) is 0. The van der Waals surface area contributed by atoms with Gasteiger partial charge in [0.2, 0.25) is 5.95 Å². The van der Waals surface area contributed by atoms with E-state index in [4.69, 9.17) is 9.72 Å². The van der Waals surface area contributed by atoms with Gasteiger partial charge in [-0.3, -0.25) is 14.3 Å². The molecule has 2 aromatic heterocycles. The number of halogens is 1. The van der Waals surface area contributed by atoms with Gasteiger partial charge in [-0.2, -0.15) is 0 Å². The molecule has 3 aromatic rings. The number of pyridine rings is 1. The van der Waals surface area contributed by atoms with Gasteiger partial charge in [-0.05, 0) is 29.8 Å². The molecule has 1 aliphatic heterocycles. The smallest absolute Gasteiger partial charge is 0.255 e. The molecular weight excluding hydrogens is 408 g/mol. The van der Waals surface area contributed by atoms with Crippen molar-refractivity contribution in [3.8, 4) is 11.3 Å². The first-order valence-corrected chi connectivity index (χ1v) is 9.51. The molecule has 3 heterocycles. The van der Waals surface area contributed by atoms with Gasteiger partial charge in [0.05, 0.1) is 18.8 Å². The van der Waals surface area contributed by atoms with Crippen LogP contribution in [0, 0.1) is 0 Å². The van der Waals surface area contributed by atoms with E-state index in [-0.39, 0.29) is 11.7 Å².